The van der Waals surface area contributed by atoms with Crippen LogP contribution in [0, 0.1) is 0 Å². The molecule has 0 saturated heterocycles. The second-order valence-corrected chi connectivity index (χ2v) is 6.86. The summed E-state index contributed by atoms with van der Waals surface area (Å²) in [7, 11) is 0. The normalized spacial score (nSPS) is 10.5. The average Bonchev–Trinajstić information content (AvgIpc) is 2.72. The smallest absolute Gasteiger partial charge is 0.175 e. The van der Waals surface area contributed by atoms with Crippen LogP contribution in [0.25, 0.3) is 0 Å². The third kappa shape index (κ3) is 3.68. The molecule has 0 unspecified atom stereocenters. The number of carbonyl (C=O) groups is 1. The highest BCUT2D eigenvalue weighted by molar-refractivity contribution is 9.10. The molecular formula is C12H8Br2OS2. The van der Waals surface area contributed by atoms with E-state index in [1.807, 2.05) is 35.0 Å². The third-order valence-corrected chi connectivity index (χ3v) is 5.27. The highest BCUT2D eigenvalue weighted by Crippen LogP contribution is 2.26. The Morgan fingerprint density at radius 2 is 2.12 bits per heavy atom. The van der Waals surface area contributed by atoms with Crippen LogP contribution < -0.4 is 0 Å². The van der Waals surface area contributed by atoms with E-state index in [1.54, 1.807) is 11.8 Å². The van der Waals surface area contributed by atoms with E-state index in [0.29, 0.717) is 5.75 Å². The maximum absolute atomic E-state index is 11.9. The highest BCUT2D eigenvalue weighted by atomic mass is 79.9. The van der Waals surface area contributed by atoms with Gasteiger partial charge in [-0.2, -0.15) is 11.3 Å². The van der Waals surface area contributed by atoms with Crippen molar-refractivity contribution in [1.29, 1.82) is 0 Å². The van der Waals surface area contributed by atoms with Gasteiger partial charge in [0.15, 0.2) is 5.78 Å². The van der Waals surface area contributed by atoms with Crippen molar-refractivity contribution in [3.8, 4) is 0 Å². The van der Waals surface area contributed by atoms with Crippen LogP contribution in [0.4, 0.5) is 0 Å². The van der Waals surface area contributed by atoms with Crippen LogP contribution in [-0.4, -0.2) is 11.5 Å². The summed E-state index contributed by atoms with van der Waals surface area (Å²) in [5.41, 5.74) is 0.775. The summed E-state index contributed by atoms with van der Waals surface area (Å²) in [6.45, 7) is 0. The molecular weight excluding hydrogens is 384 g/mol. The number of benzene rings is 1. The van der Waals surface area contributed by atoms with E-state index >= 15 is 0 Å². The first-order valence-corrected chi connectivity index (χ1v) is 8.31. The molecule has 0 bridgehead atoms. The molecule has 5 heteroatoms. The number of hydrogen-bond acceptors (Lipinski definition) is 3. The first kappa shape index (κ1) is 13.3. The van der Waals surface area contributed by atoms with E-state index in [9.17, 15) is 4.79 Å². The first-order valence-electron chi connectivity index (χ1n) is 4.80. The van der Waals surface area contributed by atoms with E-state index in [-0.39, 0.29) is 5.78 Å². The molecule has 0 spiro atoms. The van der Waals surface area contributed by atoms with Crippen LogP contribution in [0.1, 0.15) is 10.4 Å². The maximum Gasteiger partial charge on any atom is 0.175 e. The summed E-state index contributed by atoms with van der Waals surface area (Å²) in [6.07, 6.45) is 0. The Balaban J connectivity index is 1.99. The topological polar surface area (TPSA) is 17.1 Å². The first-order chi connectivity index (χ1) is 8.16. The maximum atomic E-state index is 11.9. The average molecular weight is 392 g/mol. The van der Waals surface area contributed by atoms with Gasteiger partial charge in [0, 0.05) is 30.2 Å². The number of hydrogen-bond donors (Lipinski definition) is 0. The molecule has 0 aliphatic rings. The van der Waals surface area contributed by atoms with Gasteiger partial charge in [-0.15, -0.1) is 11.8 Å². The lowest BCUT2D eigenvalue weighted by Crippen LogP contribution is -2.01. The van der Waals surface area contributed by atoms with Crippen LogP contribution in [-0.2, 0) is 0 Å². The Bertz CT molecular complexity index is 537. The SMILES string of the molecule is O=C(CSc1cccc(Br)c1)c1cscc1Br. The van der Waals surface area contributed by atoms with E-state index < -0.39 is 0 Å². The number of thiophene rings is 1. The zero-order valence-corrected chi connectivity index (χ0v) is 13.5. The van der Waals surface area contributed by atoms with Crippen LogP contribution in [0.3, 0.4) is 0 Å². The predicted octanol–water partition coefficient (Wildman–Crippen LogP) is 5.25. The molecule has 0 aliphatic carbocycles. The van der Waals surface area contributed by atoms with E-state index in [0.717, 1.165) is 19.4 Å². The number of rotatable bonds is 4. The Kier molecular flexibility index (Phi) is 4.85. The summed E-state index contributed by atoms with van der Waals surface area (Å²) in [5, 5.41) is 3.81. The van der Waals surface area contributed by atoms with Crippen LogP contribution in [0.2, 0.25) is 0 Å². The summed E-state index contributed by atoms with van der Waals surface area (Å²) < 4.78 is 1.93. The molecule has 1 heterocycles. The fraction of sp³-hybridized carbons (Fsp3) is 0.0833. The van der Waals surface area contributed by atoms with E-state index in [2.05, 4.69) is 31.9 Å². The van der Waals surface area contributed by atoms with Gasteiger partial charge >= 0.3 is 0 Å². The zero-order valence-electron chi connectivity index (χ0n) is 8.65. The highest BCUT2D eigenvalue weighted by Gasteiger charge is 2.11. The molecule has 2 rings (SSSR count). The molecule has 0 radical (unpaired) electrons. The molecule has 1 aromatic carbocycles. The van der Waals surface area contributed by atoms with Gasteiger partial charge in [-0.3, -0.25) is 4.79 Å². The molecule has 88 valence electrons. The molecule has 0 fully saturated rings. The van der Waals surface area contributed by atoms with E-state index in [1.165, 1.54) is 11.3 Å². The van der Waals surface area contributed by atoms with Crippen LogP contribution in [0.5, 0.6) is 0 Å². The van der Waals surface area contributed by atoms with Gasteiger partial charge < -0.3 is 0 Å². The molecule has 1 nitrogen and oxygen atoms in total. The largest absolute Gasteiger partial charge is 0.293 e. The Hall–Kier alpha value is -0.100. The minimum Gasteiger partial charge on any atom is -0.293 e. The van der Waals surface area contributed by atoms with Gasteiger partial charge in [0.25, 0.3) is 0 Å². The minimum absolute atomic E-state index is 0.156. The number of thioether (sulfide) groups is 1. The molecule has 0 N–H and O–H groups in total. The lowest BCUT2D eigenvalue weighted by Gasteiger charge is -2.01. The summed E-state index contributed by atoms with van der Waals surface area (Å²) in [4.78, 5) is 13.0. The molecule has 0 atom stereocenters. The van der Waals surface area contributed by atoms with Gasteiger partial charge in [0.1, 0.15) is 0 Å². The van der Waals surface area contributed by atoms with Crippen LogP contribution in [0.15, 0.2) is 48.9 Å². The zero-order chi connectivity index (χ0) is 12.3. The molecule has 2 aromatic rings. The second kappa shape index (κ2) is 6.18. The van der Waals surface area contributed by atoms with Gasteiger partial charge in [0.05, 0.1) is 5.75 Å². The van der Waals surface area contributed by atoms with Crippen molar-refractivity contribution in [2.45, 2.75) is 4.90 Å². The summed E-state index contributed by atoms with van der Waals surface area (Å²) in [6, 6.07) is 7.96. The van der Waals surface area contributed by atoms with Crippen molar-refractivity contribution >= 4 is 60.7 Å². The second-order valence-electron chi connectivity index (χ2n) is 3.30. The number of Topliss-reactive ketones (excluding diaryl/α,β-unsaturated/α-hetero) is 1. The van der Waals surface area contributed by atoms with Crippen molar-refractivity contribution in [1.82, 2.24) is 0 Å². The minimum atomic E-state index is 0.156. The Morgan fingerprint density at radius 3 is 2.76 bits per heavy atom. The molecule has 0 saturated carbocycles. The van der Waals surface area contributed by atoms with E-state index in [4.69, 9.17) is 0 Å². The molecule has 0 aliphatic heterocycles. The summed E-state index contributed by atoms with van der Waals surface area (Å²) in [5.74, 6) is 0.620. The van der Waals surface area contributed by atoms with Crippen molar-refractivity contribution in [3.05, 3.63) is 49.5 Å². The fourth-order valence-electron chi connectivity index (χ4n) is 1.26. The third-order valence-electron chi connectivity index (χ3n) is 2.08. The summed E-state index contributed by atoms with van der Waals surface area (Å²) >= 11 is 9.88. The van der Waals surface area contributed by atoms with Crippen LogP contribution >= 0.6 is 55.0 Å². The van der Waals surface area contributed by atoms with Crippen molar-refractivity contribution in [3.63, 3.8) is 0 Å². The number of halogens is 2. The van der Waals surface area contributed by atoms with Crippen molar-refractivity contribution in [2.75, 3.05) is 5.75 Å². The predicted molar refractivity (Wildman–Crippen MR) is 81.2 cm³/mol. The lowest BCUT2D eigenvalue weighted by atomic mass is 10.2. The molecule has 0 amide bonds. The Morgan fingerprint density at radius 1 is 1.29 bits per heavy atom. The number of ketones is 1. The van der Waals surface area contributed by atoms with Gasteiger partial charge in [-0.25, -0.2) is 0 Å². The van der Waals surface area contributed by atoms with Gasteiger partial charge in [-0.1, -0.05) is 22.0 Å². The van der Waals surface area contributed by atoms with Crippen molar-refractivity contribution < 1.29 is 4.79 Å². The molecule has 1 aromatic heterocycles. The standard InChI is InChI=1S/C12H8Br2OS2/c13-8-2-1-3-9(4-8)17-7-12(15)10-5-16-6-11(10)14/h1-6H,7H2. The lowest BCUT2D eigenvalue weighted by molar-refractivity contribution is 0.102. The quantitative estimate of drug-likeness (QED) is 0.523. The van der Waals surface area contributed by atoms with Gasteiger partial charge in [0.2, 0.25) is 0 Å². The molecule has 17 heavy (non-hydrogen) atoms. The fourth-order valence-corrected chi connectivity index (χ4v) is 4.17. The Labute approximate surface area is 125 Å². The monoisotopic (exact) mass is 390 g/mol. The number of carbonyl (C=O) groups excluding carboxylic acids is 1. The van der Waals surface area contributed by atoms with Crippen molar-refractivity contribution in [2.24, 2.45) is 0 Å². The van der Waals surface area contributed by atoms with Gasteiger partial charge in [-0.05, 0) is 34.1 Å².